The summed E-state index contributed by atoms with van der Waals surface area (Å²) < 4.78 is 37.3. The van der Waals surface area contributed by atoms with Crippen molar-refractivity contribution in [1.29, 1.82) is 0 Å². The first-order valence-electron chi connectivity index (χ1n) is 23.8. The molecule has 5 fully saturated rings. The lowest BCUT2D eigenvalue weighted by Gasteiger charge is -2.62. The van der Waals surface area contributed by atoms with Gasteiger partial charge in [-0.25, -0.2) is 18.7 Å². The third kappa shape index (κ3) is 9.32. The van der Waals surface area contributed by atoms with Crippen LogP contribution in [0.5, 0.6) is 0 Å². The van der Waals surface area contributed by atoms with Crippen LogP contribution in [0, 0.1) is 65.1 Å². The van der Waals surface area contributed by atoms with Gasteiger partial charge in [-0.15, -0.1) is 0 Å². The number of fused-ring (bicyclic) bond motifs is 5. The highest BCUT2D eigenvalue weighted by Crippen LogP contribution is 2.68. The average Bonchev–Trinajstić information content (AvgIpc) is 3.63. The predicted molar refractivity (Wildman–Crippen MR) is 238 cm³/mol. The van der Waals surface area contributed by atoms with Crippen molar-refractivity contribution < 1.29 is 43.2 Å². The van der Waals surface area contributed by atoms with Crippen LogP contribution in [-0.2, 0) is 24.7 Å². The van der Waals surface area contributed by atoms with Crippen molar-refractivity contribution in [2.75, 3.05) is 12.1 Å². The van der Waals surface area contributed by atoms with Crippen LogP contribution in [0.15, 0.2) is 48.8 Å². The molecule has 8 rings (SSSR count). The molecule has 0 unspecified atom stereocenters. The molecule has 0 bridgehead atoms. The number of hydrogen-bond donors (Lipinski definition) is 4. The molecule has 0 aromatic carbocycles. The van der Waals surface area contributed by atoms with Gasteiger partial charge in [0.25, 0.3) is 6.43 Å². The highest BCUT2D eigenvalue weighted by atomic mass is 19.3. The van der Waals surface area contributed by atoms with Crippen LogP contribution in [0.1, 0.15) is 141 Å². The Kier molecular flexibility index (Phi) is 13.6. The maximum atomic E-state index is 13.2. The van der Waals surface area contributed by atoms with Gasteiger partial charge in [0, 0.05) is 29.9 Å². The zero-order valence-electron chi connectivity index (χ0n) is 38.1. The van der Waals surface area contributed by atoms with Gasteiger partial charge in [-0.3, -0.25) is 14.6 Å². The molecule has 0 radical (unpaired) electrons. The fourth-order valence-corrected chi connectivity index (χ4v) is 13.7. The van der Waals surface area contributed by atoms with Crippen molar-refractivity contribution in [2.45, 2.75) is 149 Å². The van der Waals surface area contributed by atoms with Gasteiger partial charge in [0.05, 0.1) is 29.5 Å². The average molecular weight is 887 g/mol. The number of hydrogen-bond acceptors (Lipinski definition) is 11. The first-order chi connectivity index (χ1) is 30.5. The fourth-order valence-electron chi connectivity index (χ4n) is 13.7. The van der Waals surface area contributed by atoms with Crippen molar-refractivity contribution in [2.24, 2.45) is 58.2 Å². The minimum absolute atomic E-state index is 0.132. The molecular weight excluding hydrogens is 819 g/mol. The minimum Gasteiger partial charge on any atom is -0.428 e. The van der Waals surface area contributed by atoms with E-state index in [0.717, 1.165) is 62.5 Å². The molecule has 64 heavy (non-hydrogen) atoms. The number of esters is 2. The molecular formula is C51H68F2N4O7. The first kappa shape index (κ1) is 46.5. The van der Waals surface area contributed by atoms with Gasteiger partial charge in [-0.05, 0) is 192 Å². The van der Waals surface area contributed by atoms with Crippen LogP contribution < -0.4 is 5.32 Å². The Morgan fingerprint density at radius 1 is 0.906 bits per heavy atom. The summed E-state index contributed by atoms with van der Waals surface area (Å²) >= 11 is 0. The number of nitrogens with zero attached hydrogens (tertiary/aromatic N) is 3. The molecule has 5 aliphatic carbocycles. The maximum absolute atomic E-state index is 13.2. The monoisotopic (exact) mass is 887 g/mol. The van der Waals surface area contributed by atoms with Gasteiger partial charge < -0.3 is 30.1 Å². The van der Waals surface area contributed by atoms with Gasteiger partial charge in [-0.2, -0.15) is 0 Å². The van der Waals surface area contributed by atoms with Crippen molar-refractivity contribution in [1.82, 2.24) is 15.0 Å². The number of aryl methyl sites for hydroxylation is 1. The molecule has 3 heterocycles. The number of pyridine rings is 3. The van der Waals surface area contributed by atoms with Gasteiger partial charge >= 0.3 is 11.9 Å². The number of ether oxygens (including phenoxy) is 2. The van der Waals surface area contributed by atoms with Crippen molar-refractivity contribution in [3.05, 3.63) is 65.6 Å². The number of halogens is 2. The molecule has 13 heteroatoms. The summed E-state index contributed by atoms with van der Waals surface area (Å²) in [6.45, 7) is 10.4. The standard InChI is InChI=1S/C51H68F2N4O7/c1-29-22-40(56-44(23-29)57-43-24-32(47(52)53)18-21-54-43)33-9-14-42(55-27-33)51(5,62)34-10-7-31(8-11-34)48(61)64-28-63-45(60)15-6-30(2)37-12-13-38-46-39(17-20-50(37,38)4)49(3)19-16-36(58)25-35(49)26-41(46)59/h9,14,18,21-24,27,30-31,34-39,41,46-47,58-59,62H,6-8,10-13,15-17,19-20,25-26,28H2,1-5H3,(H,54,56,57)/t30-,31?,34?,35+,36-,37-,38+,39+,41-,46+,49+,50-,51-/m1/s1. The Morgan fingerprint density at radius 3 is 2.39 bits per heavy atom. The van der Waals surface area contributed by atoms with Crippen molar-refractivity contribution >= 4 is 23.6 Å². The lowest BCUT2D eigenvalue weighted by atomic mass is 9.43. The molecule has 0 aliphatic heterocycles. The molecule has 3 aromatic heterocycles. The SMILES string of the molecule is Cc1cc(Nc2cc(C(F)F)ccn2)nc(-c2ccc([C@](C)(O)C3CCC(C(=O)OCOC(=O)CC[C@@H](C)[C@H]4CC[C@H]5[C@@H]6[C@H](O)C[C@@H]7C[C@H](O)CC[C@]7(C)[C@H]6CC[C@]45C)CC3)nc2)c1. The Hall–Kier alpha value is -4.07. The van der Waals surface area contributed by atoms with E-state index < -0.39 is 24.8 Å². The van der Waals surface area contributed by atoms with Crippen LogP contribution in [0.3, 0.4) is 0 Å². The Morgan fingerprint density at radius 2 is 1.66 bits per heavy atom. The van der Waals surface area contributed by atoms with Crippen LogP contribution >= 0.6 is 0 Å². The van der Waals surface area contributed by atoms with E-state index in [2.05, 4.69) is 41.0 Å². The molecule has 0 saturated heterocycles. The fraction of sp³-hybridized carbons (Fsp3) is 0.667. The highest BCUT2D eigenvalue weighted by molar-refractivity contribution is 5.73. The minimum atomic E-state index is -2.61. The first-order valence-corrected chi connectivity index (χ1v) is 23.8. The summed E-state index contributed by atoms with van der Waals surface area (Å²) in [6.07, 6.45) is 11.1. The predicted octanol–water partition coefficient (Wildman–Crippen LogP) is 9.99. The number of carbonyl (C=O) groups is 2. The lowest BCUT2D eigenvalue weighted by Crippen LogP contribution is -2.58. The second kappa shape index (κ2) is 18.7. The Balaban J connectivity index is 0.769. The molecule has 11 nitrogen and oxygen atoms in total. The third-order valence-corrected chi connectivity index (χ3v) is 17.3. The van der Waals surface area contributed by atoms with Crippen LogP contribution in [0.2, 0.25) is 0 Å². The highest BCUT2D eigenvalue weighted by Gasteiger charge is 2.63. The normalized spacial score (nSPS) is 33.8. The summed E-state index contributed by atoms with van der Waals surface area (Å²) in [6, 6.07) is 9.88. The molecule has 0 amide bonds. The van der Waals surface area contributed by atoms with E-state index >= 15 is 0 Å². The molecule has 3 aromatic rings. The number of alkyl halides is 2. The van der Waals surface area contributed by atoms with E-state index in [-0.39, 0.29) is 58.6 Å². The molecule has 5 saturated carbocycles. The number of aliphatic hydroxyl groups is 3. The summed E-state index contributed by atoms with van der Waals surface area (Å²) in [4.78, 5) is 39.4. The number of aliphatic hydroxyl groups excluding tert-OH is 2. The summed E-state index contributed by atoms with van der Waals surface area (Å²) in [5.41, 5.74) is 1.69. The molecule has 0 spiro atoms. The zero-order valence-corrected chi connectivity index (χ0v) is 38.1. The van der Waals surface area contributed by atoms with E-state index in [1.807, 2.05) is 19.1 Å². The Labute approximate surface area is 376 Å². The quantitative estimate of drug-likeness (QED) is 0.0954. The van der Waals surface area contributed by atoms with Crippen LogP contribution in [0.25, 0.3) is 11.3 Å². The van der Waals surface area contributed by atoms with Crippen molar-refractivity contribution in [3.8, 4) is 11.3 Å². The molecule has 348 valence electrons. The smallest absolute Gasteiger partial charge is 0.311 e. The van der Waals surface area contributed by atoms with Crippen LogP contribution in [0.4, 0.5) is 20.4 Å². The van der Waals surface area contributed by atoms with Gasteiger partial charge in [0.15, 0.2) is 0 Å². The molecule has 5 aliphatic rings. The van der Waals surface area contributed by atoms with E-state index in [9.17, 15) is 33.7 Å². The van der Waals surface area contributed by atoms with Crippen molar-refractivity contribution in [3.63, 3.8) is 0 Å². The second-order valence-electron chi connectivity index (χ2n) is 21.0. The summed E-state index contributed by atoms with van der Waals surface area (Å²) in [5.74, 6) is 1.94. The Bertz CT molecular complexity index is 2130. The van der Waals surface area contributed by atoms with Gasteiger partial charge in [0.2, 0.25) is 6.79 Å². The lowest BCUT2D eigenvalue weighted by molar-refractivity contribution is -0.174. The third-order valence-electron chi connectivity index (χ3n) is 17.3. The summed E-state index contributed by atoms with van der Waals surface area (Å²) in [7, 11) is 0. The van der Waals surface area contributed by atoms with E-state index in [1.165, 1.54) is 18.3 Å². The van der Waals surface area contributed by atoms with E-state index in [4.69, 9.17) is 9.47 Å². The number of rotatable bonds is 13. The number of aromatic nitrogens is 3. The van der Waals surface area contributed by atoms with Gasteiger partial charge in [-0.1, -0.05) is 20.8 Å². The molecule has 11 atom stereocenters. The zero-order chi connectivity index (χ0) is 45.6. The molecule has 4 N–H and O–H groups in total. The summed E-state index contributed by atoms with van der Waals surface area (Å²) in [5, 5.41) is 36.7. The number of nitrogens with one attached hydrogen (secondary N) is 1. The topological polar surface area (TPSA) is 164 Å². The number of carbonyl (C=O) groups excluding carboxylic acids is 2. The largest absolute Gasteiger partial charge is 0.428 e. The van der Waals surface area contributed by atoms with Crippen LogP contribution in [-0.4, -0.2) is 61.2 Å². The van der Waals surface area contributed by atoms with Gasteiger partial charge in [0.1, 0.15) is 17.2 Å². The number of anilines is 2. The van der Waals surface area contributed by atoms with E-state index in [0.29, 0.717) is 84.8 Å². The van der Waals surface area contributed by atoms with E-state index in [1.54, 1.807) is 25.3 Å². The maximum Gasteiger partial charge on any atom is 0.311 e. The second-order valence-corrected chi connectivity index (χ2v) is 21.0.